The van der Waals surface area contributed by atoms with Crippen LogP contribution < -0.4 is 11.1 Å². The van der Waals surface area contributed by atoms with E-state index in [1.165, 1.54) is 12.1 Å². The molecule has 6 heteroatoms. The second-order valence-corrected chi connectivity index (χ2v) is 4.44. The quantitative estimate of drug-likeness (QED) is 0.414. The van der Waals surface area contributed by atoms with Gasteiger partial charge in [0, 0.05) is 0 Å². The van der Waals surface area contributed by atoms with Crippen molar-refractivity contribution >= 4 is 23.9 Å². The fraction of sp³-hybridized carbons (Fsp3) is 0.231. The van der Waals surface area contributed by atoms with Gasteiger partial charge in [0.1, 0.15) is 6.29 Å². The highest BCUT2D eigenvalue weighted by molar-refractivity contribution is 6.31. The van der Waals surface area contributed by atoms with Gasteiger partial charge in [0.2, 0.25) is 5.91 Å². The smallest absolute Gasteiger partial charge is 0.256 e. The molecule has 2 atom stereocenters. The lowest BCUT2D eigenvalue weighted by molar-refractivity contribution is -0.138. The Bertz CT molecular complexity index is 584. The summed E-state index contributed by atoms with van der Waals surface area (Å²) in [5, 5.41) is 1.97. The Hall–Kier alpha value is -2.34. The van der Waals surface area contributed by atoms with E-state index in [9.17, 15) is 19.2 Å². The molecule has 1 heterocycles. The van der Waals surface area contributed by atoms with Crippen LogP contribution in [0.4, 0.5) is 0 Å². The number of amides is 2. The van der Waals surface area contributed by atoms with Crippen molar-refractivity contribution in [1.82, 2.24) is 5.32 Å². The van der Waals surface area contributed by atoms with E-state index in [1.807, 2.05) is 5.32 Å². The van der Waals surface area contributed by atoms with Crippen LogP contribution in [0.3, 0.4) is 0 Å². The molecule has 0 bridgehead atoms. The number of nitrogens with one attached hydrogen (secondary N) is 1. The van der Waals surface area contributed by atoms with Gasteiger partial charge in [0.15, 0.2) is 16.7 Å². The van der Waals surface area contributed by atoms with Crippen molar-refractivity contribution in [1.29, 1.82) is 0 Å². The van der Waals surface area contributed by atoms with Gasteiger partial charge in [-0.1, -0.05) is 30.3 Å². The SMILES string of the molecule is CC(=O)C1(N)C(=O)NC(=O)C1(C=O)c1ccccc1. The molecule has 0 aromatic heterocycles. The standard InChI is InChI=1S/C13H12N2O4/c1-8(17)13(14)11(19)15-10(18)12(13,7-16)9-5-3-2-4-6-9/h2-7H,14H2,1H3,(H,15,18,19). The monoisotopic (exact) mass is 260 g/mol. The predicted molar refractivity (Wildman–Crippen MR) is 64.9 cm³/mol. The van der Waals surface area contributed by atoms with Crippen molar-refractivity contribution in [3.8, 4) is 0 Å². The van der Waals surface area contributed by atoms with E-state index < -0.39 is 28.6 Å². The van der Waals surface area contributed by atoms with Crippen LogP contribution in [0.25, 0.3) is 0 Å². The molecule has 2 amide bonds. The number of imide groups is 1. The van der Waals surface area contributed by atoms with E-state index in [-0.39, 0.29) is 11.8 Å². The first-order valence-electron chi connectivity index (χ1n) is 5.59. The van der Waals surface area contributed by atoms with Gasteiger partial charge in [-0.05, 0) is 12.5 Å². The molecule has 1 saturated heterocycles. The van der Waals surface area contributed by atoms with Gasteiger partial charge in [-0.15, -0.1) is 0 Å². The average Bonchev–Trinajstić information content (AvgIpc) is 2.60. The number of Topliss-reactive ketones (excluding diaryl/α,β-unsaturated/α-hetero) is 1. The number of hydrogen-bond acceptors (Lipinski definition) is 5. The third-order valence-electron chi connectivity index (χ3n) is 3.53. The summed E-state index contributed by atoms with van der Waals surface area (Å²) < 4.78 is 0. The lowest BCUT2D eigenvalue weighted by atomic mass is 9.66. The molecule has 0 aliphatic carbocycles. The fourth-order valence-corrected chi connectivity index (χ4v) is 2.37. The summed E-state index contributed by atoms with van der Waals surface area (Å²) >= 11 is 0. The number of rotatable bonds is 3. The van der Waals surface area contributed by atoms with Gasteiger partial charge in [-0.25, -0.2) is 0 Å². The maximum Gasteiger partial charge on any atom is 0.256 e. The summed E-state index contributed by atoms with van der Waals surface area (Å²) in [6.07, 6.45) is 0.268. The van der Waals surface area contributed by atoms with E-state index in [4.69, 9.17) is 5.73 Å². The largest absolute Gasteiger partial charge is 0.310 e. The predicted octanol–water partition coefficient (Wildman–Crippen LogP) is -0.934. The van der Waals surface area contributed by atoms with Crippen LogP contribution in [-0.4, -0.2) is 29.4 Å². The summed E-state index contributed by atoms with van der Waals surface area (Å²) in [6, 6.07) is 7.84. The lowest BCUT2D eigenvalue weighted by Crippen LogP contribution is -2.66. The number of carbonyl (C=O) groups is 4. The molecule has 6 nitrogen and oxygen atoms in total. The summed E-state index contributed by atoms with van der Waals surface area (Å²) in [4.78, 5) is 47.3. The second kappa shape index (κ2) is 4.10. The summed E-state index contributed by atoms with van der Waals surface area (Å²) in [5.74, 6) is -2.58. The number of aldehydes is 1. The molecule has 0 radical (unpaired) electrons. The minimum atomic E-state index is -2.22. The van der Waals surface area contributed by atoms with Crippen molar-refractivity contribution in [3.05, 3.63) is 35.9 Å². The van der Waals surface area contributed by atoms with Crippen molar-refractivity contribution in [2.24, 2.45) is 5.73 Å². The molecule has 1 aromatic rings. The van der Waals surface area contributed by atoms with Crippen molar-refractivity contribution in [2.45, 2.75) is 17.9 Å². The van der Waals surface area contributed by atoms with Gasteiger partial charge in [-0.2, -0.15) is 0 Å². The van der Waals surface area contributed by atoms with E-state index in [0.29, 0.717) is 0 Å². The Labute approximate surface area is 109 Å². The van der Waals surface area contributed by atoms with E-state index in [1.54, 1.807) is 18.2 Å². The van der Waals surface area contributed by atoms with Gasteiger partial charge >= 0.3 is 0 Å². The Balaban J connectivity index is 2.79. The number of benzene rings is 1. The van der Waals surface area contributed by atoms with Crippen molar-refractivity contribution in [2.75, 3.05) is 0 Å². The molecular weight excluding hydrogens is 248 g/mol. The van der Waals surface area contributed by atoms with Crippen LogP contribution in [0.2, 0.25) is 0 Å². The van der Waals surface area contributed by atoms with Crippen LogP contribution in [0, 0.1) is 0 Å². The molecule has 1 aliphatic rings. The fourth-order valence-electron chi connectivity index (χ4n) is 2.37. The number of carbonyl (C=O) groups excluding carboxylic acids is 4. The molecule has 0 saturated carbocycles. The Kier molecular flexibility index (Phi) is 2.83. The Morgan fingerprint density at radius 3 is 2.26 bits per heavy atom. The van der Waals surface area contributed by atoms with Crippen LogP contribution in [0.5, 0.6) is 0 Å². The molecule has 1 fully saturated rings. The second-order valence-electron chi connectivity index (χ2n) is 4.44. The normalized spacial score (nSPS) is 30.0. The molecule has 2 unspecified atom stereocenters. The highest BCUT2D eigenvalue weighted by Crippen LogP contribution is 2.37. The maximum atomic E-state index is 12.1. The van der Waals surface area contributed by atoms with Crippen LogP contribution in [-0.2, 0) is 24.6 Å². The molecule has 19 heavy (non-hydrogen) atoms. The topological polar surface area (TPSA) is 106 Å². The summed E-state index contributed by atoms with van der Waals surface area (Å²) in [6.45, 7) is 1.08. The third kappa shape index (κ3) is 1.40. The molecule has 0 spiro atoms. The Morgan fingerprint density at radius 1 is 1.21 bits per heavy atom. The van der Waals surface area contributed by atoms with Crippen LogP contribution in [0.1, 0.15) is 12.5 Å². The first-order chi connectivity index (χ1) is 8.91. The molecular formula is C13H12N2O4. The van der Waals surface area contributed by atoms with Crippen LogP contribution in [0.15, 0.2) is 30.3 Å². The average molecular weight is 260 g/mol. The first kappa shape index (κ1) is 13.1. The minimum absolute atomic E-state index is 0.214. The number of ketones is 1. The maximum absolute atomic E-state index is 12.1. The van der Waals surface area contributed by atoms with Gasteiger partial charge in [0.25, 0.3) is 5.91 Å². The van der Waals surface area contributed by atoms with Crippen LogP contribution >= 0.6 is 0 Å². The van der Waals surface area contributed by atoms with E-state index >= 15 is 0 Å². The zero-order valence-electron chi connectivity index (χ0n) is 10.2. The highest BCUT2D eigenvalue weighted by Gasteiger charge is 2.68. The summed E-state index contributed by atoms with van der Waals surface area (Å²) in [7, 11) is 0. The minimum Gasteiger partial charge on any atom is -0.310 e. The van der Waals surface area contributed by atoms with E-state index in [0.717, 1.165) is 6.92 Å². The lowest BCUT2D eigenvalue weighted by Gasteiger charge is -2.32. The molecule has 1 aromatic carbocycles. The zero-order chi connectivity index (χ0) is 14.3. The first-order valence-corrected chi connectivity index (χ1v) is 5.59. The summed E-state index contributed by atoms with van der Waals surface area (Å²) in [5.41, 5.74) is 1.83. The van der Waals surface area contributed by atoms with Crippen molar-refractivity contribution < 1.29 is 19.2 Å². The molecule has 98 valence electrons. The number of nitrogens with two attached hydrogens (primary N) is 1. The third-order valence-corrected chi connectivity index (χ3v) is 3.53. The van der Waals surface area contributed by atoms with E-state index in [2.05, 4.69) is 0 Å². The molecule has 1 aliphatic heterocycles. The number of hydrogen-bond donors (Lipinski definition) is 2. The highest BCUT2D eigenvalue weighted by atomic mass is 16.2. The zero-order valence-corrected chi connectivity index (χ0v) is 10.2. The van der Waals surface area contributed by atoms with Gasteiger partial charge in [-0.3, -0.25) is 19.7 Å². The van der Waals surface area contributed by atoms with Crippen molar-refractivity contribution in [3.63, 3.8) is 0 Å². The van der Waals surface area contributed by atoms with Gasteiger partial charge in [0.05, 0.1) is 0 Å². The molecule has 2 rings (SSSR count). The van der Waals surface area contributed by atoms with Gasteiger partial charge < -0.3 is 10.5 Å². The Morgan fingerprint density at radius 2 is 1.79 bits per heavy atom. The molecule has 3 N–H and O–H groups in total.